The molecule has 19 heavy (non-hydrogen) atoms. The van der Waals surface area contributed by atoms with Crippen LogP contribution in [0.3, 0.4) is 0 Å². The van der Waals surface area contributed by atoms with E-state index in [1.165, 1.54) is 18.2 Å². The van der Waals surface area contributed by atoms with E-state index in [0.29, 0.717) is 5.56 Å². The summed E-state index contributed by atoms with van der Waals surface area (Å²) in [6.45, 7) is 0. The molecule has 0 radical (unpaired) electrons. The van der Waals surface area contributed by atoms with E-state index in [2.05, 4.69) is 0 Å². The zero-order valence-corrected chi connectivity index (χ0v) is 9.64. The van der Waals surface area contributed by atoms with Crippen molar-refractivity contribution in [2.24, 2.45) is 0 Å². The van der Waals surface area contributed by atoms with E-state index in [1.807, 2.05) is 0 Å². The van der Waals surface area contributed by atoms with Crippen molar-refractivity contribution < 1.29 is 22.0 Å². The van der Waals surface area contributed by atoms with Crippen molar-refractivity contribution in [3.05, 3.63) is 70.8 Å². The van der Waals surface area contributed by atoms with Crippen LogP contribution in [0.25, 0.3) is 0 Å². The van der Waals surface area contributed by atoms with Crippen molar-refractivity contribution >= 4 is 0 Å². The molecule has 2 aromatic carbocycles. The van der Waals surface area contributed by atoms with E-state index in [1.54, 1.807) is 0 Å². The fourth-order valence-corrected chi connectivity index (χ4v) is 1.72. The van der Waals surface area contributed by atoms with Crippen LogP contribution in [0.5, 0.6) is 0 Å². The third-order valence-corrected chi connectivity index (χ3v) is 2.72. The molecule has 0 N–H and O–H groups in total. The van der Waals surface area contributed by atoms with Gasteiger partial charge in [-0.1, -0.05) is 18.2 Å². The minimum Gasteiger partial charge on any atom is -0.207 e. The standard InChI is InChI=1S/C14H9F5/c15-12-2-1-3-13(16)11(12)8-9-4-6-10(7-5-9)14(17,18)19/h1-7H,8H2. The highest BCUT2D eigenvalue weighted by atomic mass is 19.4. The normalized spacial score (nSPS) is 11.6. The summed E-state index contributed by atoms with van der Waals surface area (Å²) in [7, 11) is 0. The molecule has 2 aromatic rings. The van der Waals surface area contributed by atoms with Crippen molar-refractivity contribution in [1.29, 1.82) is 0 Å². The number of alkyl halides is 3. The molecule has 0 heterocycles. The van der Waals surface area contributed by atoms with Crippen LogP contribution < -0.4 is 0 Å². The molecular weight excluding hydrogens is 263 g/mol. The molecule has 0 saturated carbocycles. The van der Waals surface area contributed by atoms with Gasteiger partial charge in [0.15, 0.2) is 0 Å². The molecule has 0 unspecified atom stereocenters. The third kappa shape index (κ3) is 3.10. The Bertz CT molecular complexity index is 549. The summed E-state index contributed by atoms with van der Waals surface area (Å²) in [5.41, 5.74) is -0.524. The zero-order chi connectivity index (χ0) is 14.0. The van der Waals surface area contributed by atoms with Gasteiger partial charge in [0.25, 0.3) is 0 Å². The van der Waals surface area contributed by atoms with E-state index < -0.39 is 23.4 Å². The topological polar surface area (TPSA) is 0 Å². The average Bonchev–Trinajstić information content (AvgIpc) is 2.33. The lowest BCUT2D eigenvalue weighted by Gasteiger charge is -2.08. The van der Waals surface area contributed by atoms with E-state index in [0.717, 1.165) is 24.3 Å². The lowest BCUT2D eigenvalue weighted by atomic mass is 10.0. The van der Waals surface area contributed by atoms with Crippen LogP contribution in [-0.4, -0.2) is 0 Å². The Balaban J connectivity index is 2.25. The number of rotatable bonds is 2. The first-order valence-electron chi connectivity index (χ1n) is 5.47. The molecule has 0 aromatic heterocycles. The Morgan fingerprint density at radius 1 is 0.789 bits per heavy atom. The fraction of sp³-hybridized carbons (Fsp3) is 0.143. The van der Waals surface area contributed by atoms with Crippen molar-refractivity contribution in [1.82, 2.24) is 0 Å². The summed E-state index contributed by atoms with van der Waals surface area (Å²) < 4.78 is 63.8. The van der Waals surface area contributed by atoms with Gasteiger partial charge in [0.1, 0.15) is 11.6 Å². The number of halogens is 5. The average molecular weight is 272 g/mol. The van der Waals surface area contributed by atoms with Gasteiger partial charge in [-0.2, -0.15) is 13.2 Å². The largest absolute Gasteiger partial charge is 0.416 e. The molecule has 0 amide bonds. The first kappa shape index (κ1) is 13.5. The van der Waals surface area contributed by atoms with Gasteiger partial charge in [0, 0.05) is 12.0 Å². The molecule has 0 saturated heterocycles. The Labute approximate surface area is 106 Å². The Morgan fingerprint density at radius 3 is 1.79 bits per heavy atom. The highest BCUT2D eigenvalue weighted by molar-refractivity contribution is 5.31. The molecule has 0 aliphatic carbocycles. The minimum absolute atomic E-state index is 0.0867. The van der Waals surface area contributed by atoms with Crippen LogP contribution in [0.1, 0.15) is 16.7 Å². The van der Waals surface area contributed by atoms with E-state index in [-0.39, 0.29) is 12.0 Å². The van der Waals surface area contributed by atoms with Gasteiger partial charge in [0.05, 0.1) is 5.56 Å². The minimum atomic E-state index is -4.41. The lowest BCUT2D eigenvalue weighted by molar-refractivity contribution is -0.137. The van der Waals surface area contributed by atoms with Crippen LogP contribution in [0.4, 0.5) is 22.0 Å². The Morgan fingerprint density at radius 2 is 1.32 bits per heavy atom. The maximum Gasteiger partial charge on any atom is 0.416 e. The first-order chi connectivity index (χ1) is 8.88. The monoisotopic (exact) mass is 272 g/mol. The van der Waals surface area contributed by atoms with Gasteiger partial charge in [-0.3, -0.25) is 0 Å². The predicted molar refractivity (Wildman–Crippen MR) is 60.6 cm³/mol. The van der Waals surface area contributed by atoms with E-state index in [9.17, 15) is 22.0 Å². The van der Waals surface area contributed by atoms with E-state index >= 15 is 0 Å². The van der Waals surface area contributed by atoms with Crippen LogP contribution in [-0.2, 0) is 12.6 Å². The summed E-state index contributed by atoms with van der Waals surface area (Å²) in [4.78, 5) is 0. The van der Waals surface area contributed by atoms with Crippen molar-refractivity contribution in [3.63, 3.8) is 0 Å². The highest BCUT2D eigenvalue weighted by Crippen LogP contribution is 2.29. The van der Waals surface area contributed by atoms with Gasteiger partial charge < -0.3 is 0 Å². The highest BCUT2D eigenvalue weighted by Gasteiger charge is 2.29. The van der Waals surface area contributed by atoms with Gasteiger partial charge in [-0.15, -0.1) is 0 Å². The second-order valence-corrected chi connectivity index (χ2v) is 4.07. The maximum atomic E-state index is 13.4. The van der Waals surface area contributed by atoms with Crippen LogP contribution >= 0.6 is 0 Å². The molecule has 0 nitrogen and oxygen atoms in total. The summed E-state index contributed by atoms with van der Waals surface area (Å²) in [5, 5.41) is 0. The summed E-state index contributed by atoms with van der Waals surface area (Å²) in [5.74, 6) is -1.42. The van der Waals surface area contributed by atoms with Crippen molar-refractivity contribution in [2.75, 3.05) is 0 Å². The van der Waals surface area contributed by atoms with Gasteiger partial charge >= 0.3 is 6.18 Å². The summed E-state index contributed by atoms with van der Waals surface area (Å²) in [6, 6.07) is 7.69. The van der Waals surface area contributed by atoms with Gasteiger partial charge in [0.2, 0.25) is 0 Å². The molecule has 0 spiro atoms. The van der Waals surface area contributed by atoms with Crippen molar-refractivity contribution in [2.45, 2.75) is 12.6 Å². The molecular formula is C14H9F5. The van der Waals surface area contributed by atoms with Crippen LogP contribution in [0, 0.1) is 11.6 Å². The lowest BCUT2D eigenvalue weighted by Crippen LogP contribution is -2.05. The summed E-state index contributed by atoms with van der Waals surface area (Å²) >= 11 is 0. The molecule has 0 bridgehead atoms. The molecule has 0 aliphatic heterocycles. The van der Waals surface area contributed by atoms with Gasteiger partial charge in [-0.25, -0.2) is 8.78 Å². The Hall–Kier alpha value is -1.91. The smallest absolute Gasteiger partial charge is 0.207 e. The molecule has 5 heteroatoms. The maximum absolute atomic E-state index is 13.4. The fourth-order valence-electron chi connectivity index (χ4n) is 1.72. The molecule has 0 aliphatic rings. The molecule has 0 fully saturated rings. The number of hydrogen-bond acceptors (Lipinski definition) is 0. The number of benzene rings is 2. The number of hydrogen-bond donors (Lipinski definition) is 0. The van der Waals surface area contributed by atoms with Crippen LogP contribution in [0.2, 0.25) is 0 Å². The van der Waals surface area contributed by atoms with Gasteiger partial charge in [-0.05, 0) is 29.8 Å². The second-order valence-electron chi connectivity index (χ2n) is 4.07. The van der Waals surface area contributed by atoms with Crippen molar-refractivity contribution in [3.8, 4) is 0 Å². The first-order valence-corrected chi connectivity index (χ1v) is 5.47. The molecule has 2 rings (SSSR count). The molecule has 100 valence electrons. The van der Waals surface area contributed by atoms with E-state index in [4.69, 9.17) is 0 Å². The van der Waals surface area contributed by atoms with Crippen LogP contribution in [0.15, 0.2) is 42.5 Å². The predicted octanol–water partition coefficient (Wildman–Crippen LogP) is 4.57. The second kappa shape index (κ2) is 4.99. The Kier molecular flexibility index (Phi) is 3.55. The molecule has 0 atom stereocenters. The quantitative estimate of drug-likeness (QED) is 0.702. The third-order valence-electron chi connectivity index (χ3n) is 2.72. The zero-order valence-electron chi connectivity index (χ0n) is 9.64. The summed E-state index contributed by atoms with van der Waals surface area (Å²) in [6.07, 6.45) is -4.50. The SMILES string of the molecule is Fc1cccc(F)c1Cc1ccc(C(F)(F)F)cc1.